The highest BCUT2D eigenvalue weighted by Crippen LogP contribution is 2.18. The van der Waals surface area contributed by atoms with Crippen LogP contribution in [-0.2, 0) is 4.79 Å². The van der Waals surface area contributed by atoms with Gasteiger partial charge in [-0.15, -0.1) is 0 Å². The predicted octanol–water partition coefficient (Wildman–Crippen LogP) is 3.97. The number of aryl methyl sites for hydroxylation is 1. The number of rotatable bonds is 4. The summed E-state index contributed by atoms with van der Waals surface area (Å²) in [6.45, 7) is 6.15. The standard InChI is InChI=1S/C13H18INO/c1-4-10(5-2)13(16)15-11-6-7-12(14)9(3)8-11/h6-8,10H,4-5H2,1-3H3,(H,15,16). The van der Waals surface area contributed by atoms with Crippen LogP contribution in [0.4, 0.5) is 5.69 Å². The zero-order valence-corrected chi connectivity index (χ0v) is 12.2. The average Bonchev–Trinajstić information content (AvgIpc) is 2.25. The van der Waals surface area contributed by atoms with E-state index < -0.39 is 0 Å². The molecular weight excluding hydrogens is 313 g/mol. The average molecular weight is 331 g/mol. The van der Waals surface area contributed by atoms with Gasteiger partial charge in [0, 0.05) is 15.2 Å². The topological polar surface area (TPSA) is 29.1 Å². The number of amides is 1. The monoisotopic (exact) mass is 331 g/mol. The van der Waals surface area contributed by atoms with Crippen LogP contribution in [0.1, 0.15) is 32.3 Å². The number of hydrogen-bond donors (Lipinski definition) is 1. The van der Waals surface area contributed by atoms with E-state index in [1.165, 1.54) is 9.13 Å². The zero-order chi connectivity index (χ0) is 12.1. The molecule has 0 radical (unpaired) electrons. The van der Waals surface area contributed by atoms with Crippen molar-refractivity contribution < 1.29 is 4.79 Å². The Labute approximate surface area is 111 Å². The molecule has 1 aromatic rings. The quantitative estimate of drug-likeness (QED) is 0.831. The third-order valence-electron chi connectivity index (χ3n) is 2.78. The molecule has 1 amide bonds. The van der Waals surface area contributed by atoms with E-state index >= 15 is 0 Å². The molecule has 1 aromatic carbocycles. The Morgan fingerprint density at radius 3 is 2.50 bits per heavy atom. The van der Waals surface area contributed by atoms with Gasteiger partial charge in [-0.2, -0.15) is 0 Å². The Bertz CT molecular complexity index is 372. The van der Waals surface area contributed by atoms with Crippen LogP contribution in [0, 0.1) is 16.4 Å². The normalized spacial score (nSPS) is 10.6. The highest BCUT2D eigenvalue weighted by Gasteiger charge is 2.14. The van der Waals surface area contributed by atoms with Gasteiger partial charge in [-0.05, 0) is 66.1 Å². The van der Waals surface area contributed by atoms with Gasteiger partial charge in [-0.3, -0.25) is 4.79 Å². The molecule has 3 heteroatoms. The first kappa shape index (κ1) is 13.5. The minimum Gasteiger partial charge on any atom is -0.326 e. The van der Waals surface area contributed by atoms with Crippen molar-refractivity contribution in [2.45, 2.75) is 33.6 Å². The van der Waals surface area contributed by atoms with Crippen LogP contribution >= 0.6 is 22.6 Å². The summed E-state index contributed by atoms with van der Waals surface area (Å²) >= 11 is 2.29. The first-order valence-corrected chi connectivity index (χ1v) is 6.73. The fourth-order valence-electron chi connectivity index (χ4n) is 1.63. The third kappa shape index (κ3) is 3.47. The molecule has 0 aromatic heterocycles. The number of anilines is 1. The number of benzene rings is 1. The van der Waals surface area contributed by atoms with E-state index in [0.717, 1.165) is 18.5 Å². The molecule has 0 saturated carbocycles. The SMILES string of the molecule is CCC(CC)C(=O)Nc1ccc(I)c(C)c1. The maximum Gasteiger partial charge on any atom is 0.227 e. The van der Waals surface area contributed by atoms with Gasteiger partial charge < -0.3 is 5.32 Å². The van der Waals surface area contributed by atoms with Crippen molar-refractivity contribution in [1.29, 1.82) is 0 Å². The van der Waals surface area contributed by atoms with Gasteiger partial charge in [-0.1, -0.05) is 13.8 Å². The number of nitrogens with one attached hydrogen (secondary N) is 1. The lowest BCUT2D eigenvalue weighted by atomic mass is 10.0. The summed E-state index contributed by atoms with van der Waals surface area (Å²) in [5.74, 6) is 0.255. The Morgan fingerprint density at radius 1 is 1.38 bits per heavy atom. The number of carbonyl (C=O) groups excluding carboxylic acids is 1. The van der Waals surface area contributed by atoms with Crippen molar-refractivity contribution in [3.8, 4) is 0 Å². The Morgan fingerprint density at radius 2 is 2.00 bits per heavy atom. The molecule has 0 aliphatic heterocycles. The maximum absolute atomic E-state index is 11.9. The highest BCUT2D eigenvalue weighted by molar-refractivity contribution is 14.1. The molecule has 0 aliphatic carbocycles. The molecule has 88 valence electrons. The molecule has 0 fully saturated rings. The first-order valence-electron chi connectivity index (χ1n) is 5.65. The molecule has 0 atom stereocenters. The van der Waals surface area contributed by atoms with Gasteiger partial charge >= 0.3 is 0 Å². The molecule has 0 bridgehead atoms. The van der Waals surface area contributed by atoms with Crippen molar-refractivity contribution in [2.24, 2.45) is 5.92 Å². The summed E-state index contributed by atoms with van der Waals surface area (Å²) < 4.78 is 1.22. The smallest absolute Gasteiger partial charge is 0.227 e. The summed E-state index contributed by atoms with van der Waals surface area (Å²) in [4.78, 5) is 11.9. The molecule has 0 aliphatic rings. The zero-order valence-electron chi connectivity index (χ0n) is 10.0. The lowest BCUT2D eigenvalue weighted by Crippen LogP contribution is -2.21. The van der Waals surface area contributed by atoms with E-state index in [0.29, 0.717) is 0 Å². The fourth-order valence-corrected chi connectivity index (χ4v) is 1.96. The second kappa shape index (κ2) is 6.23. The fraction of sp³-hybridized carbons (Fsp3) is 0.462. The molecule has 0 heterocycles. The molecule has 1 N–H and O–H groups in total. The Hall–Kier alpha value is -0.580. The van der Waals surface area contributed by atoms with Crippen molar-refractivity contribution in [2.75, 3.05) is 5.32 Å². The van der Waals surface area contributed by atoms with Crippen LogP contribution in [0.15, 0.2) is 18.2 Å². The molecule has 2 nitrogen and oxygen atoms in total. The van der Waals surface area contributed by atoms with E-state index in [1.807, 2.05) is 32.0 Å². The van der Waals surface area contributed by atoms with Crippen LogP contribution in [0.2, 0.25) is 0 Å². The van der Waals surface area contributed by atoms with E-state index in [-0.39, 0.29) is 11.8 Å². The van der Waals surface area contributed by atoms with E-state index in [4.69, 9.17) is 0 Å². The number of hydrogen-bond acceptors (Lipinski definition) is 1. The first-order chi connectivity index (χ1) is 7.58. The lowest BCUT2D eigenvalue weighted by molar-refractivity contribution is -0.120. The largest absolute Gasteiger partial charge is 0.326 e. The van der Waals surface area contributed by atoms with E-state index in [1.54, 1.807) is 0 Å². The van der Waals surface area contributed by atoms with Crippen LogP contribution < -0.4 is 5.32 Å². The summed E-state index contributed by atoms with van der Waals surface area (Å²) in [5, 5.41) is 2.97. The lowest BCUT2D eigenvalue weighted by Gasteiger charge is -2.13. The minimum absolute atomic E-state index is 0.125. The van der Waals surface area contributed by atoms with Gasteiger partial charge in [0.15, 0.2) is 0 Å². The summed E-state index contributed by atoms with van der Waals surface area (Å²) in [5.41, 5.74) is 2.10. The highest BCUT2D eigenvalue weighted by atomic mass is 127. The van der Waals surface area contributed by atoms with Crippen molar-refractivity contribution >= 4 is 34.2 Å². The van der Waals surface area contributed by atoms with E-state index in [9.17, 15) is 4.79 Å². The number of carbonyl (C=O) groups is 1. The summed E-state index contributed by atoms with van der Waals surface area (Å²) in [6.07, 6.45) is 1.79. The maximum atomic E-state index is 11.9. The third-order valence-corrected chi connectivity index (χ3v) is 3.99. The molecule has 0 spiro atoms. The number of halogens is 1. The van der Waals surface area contributed by atoms with Gasteiger partial charge in [-0.25, -0.2) is 0 Å². The van der Waals surface area contributed by atoms with Gasteiger partial charge in [0.25, 0.3) is 0 Å². The van der Waals surface area contributed by atoms with Gasteiger partial charge in [0.1, 0.15) is 0 Å². The summed E-state index contributed by atoms with van der Waals surface area (Å²) in [7, 11) is 0. The predicted molar refractivity (Wildman–Crippen MR) is 76.6 cm³/mol. The van der Waals surface area contributed by atoms with Crippen LogP contribution in [0.3, 0.4) is 0 Å². The Kier molecular flexibility index (Phi) is 5.25. The molecule has 0 unspecified atom stereocenters. The van der Waals surface area contributed by atoms with Gasteiger partial charge in [0.05, 0.1) is 0 Å². The van der Waals surface area contributed by atoms with Crippen molar-refractivity contribution in [3.05, 3.63) is 27.3 Å². The Balaban J connectivity index is 2.73. The second-order valence-electron chi connectivity index (χ2n) is 3.97. The van der Waals surface area contributed by atoms with Crippen molar-refractivity contribution in [3.63, 3.8) is 0 Å². The van der Waals surface area contributed by atoms with Crippen LogP contribution in [0.5, 0.6) is 0 Å². The summed E-state index contributed by atoms with van der Waals surface area (Å²) in [6, 6.07) is 6.00. The molecule has 16 heavy (non-hydrogen) atoms. The van der Waals surface area contributed by atoms with E-state index in [2.05, 4.69) is 34.8 Å². The van der Waals surface area contributed by atoms with Gasteiger partial charge in [0.2, 0.25) is 5.91 Å². The molecule has 0 saturated heterocycles. The second-order valence-corrected chi connectivity index (χ2v) is 5.13. The van der Waals surface area contributed by atoms with Crippen LogP contribution in [0.25, 0.3) is 0 Å². The van der Waals surface area contributed by atoms with Crippen LogP contribution in [-0.4, -0.2) is 5.91 Å². The van der Waals surface area contributed by atoms with Crippen molar-refractivity contribution in [1.82, 2.24) is 0 Å². The molecule has 1 rings (SSSR count). The molecular formula is C13H18INO. The minimum atomic E-state index is 0.125.